The van der Waals surface area contributed by atoms with Crippen LogP contribution in [0.5, 0.6) is 0 Å². The Morgan fingerprint density at radius 2 is 1.79 bits per heavy atom. The van der Waals surface area contributed by atoms with Gasteiger partial charge in [-0.05, 0) is 36.6 Å². The number of hydrogen-bond acceptors (Lipinski definition) is 6. The van der Waals surface area contributed by atoms with Gasteiger partial charge in [-0.15, -0.1) is 0 Å². The van der Waals surface area contributed by atoms with Gasteiger partial charge in [-0.1, -0.05) is 57.1 Å². The maximum absolute atomic E-state index is 12.7. The zero-order chi connectivity index (χ0) is 23.6. The van der Waals surface area contributed by atoms with Crippen molar-refractivity contribution in [2.24, 2.45) is 0 Å². The van der Waals surface area contributed by atoms with Crippen LogP contribution in [0.4, 0.5) is 0 Å². The van der Waals surface area contributed by atoms with E-state index in [4.69, 9.17) is 4.52 Å². The van der Waals surface area contributed by atoms with Crippen LogP contribution < -0.4 is 5.32 Å². The minimum atomic E-state index is -0.197. The Balaban J connectivity index is 1.46. The molecule has 0 aliphatic heterocycles. The lowest BCUT2D eigenvalue weighted by Crippen LogP contribution is -2.23. The van der Waals surface area contributed by atoms with Crippen LogP contribution in [0.25, 0.3) is 17.3 Å². The molecule has 0 radical (unpaired) electrons. The normalized spacial score (nSPS) is 11.5. The maximum atomic E-state index is 12.7. The third kappa shape index (κ3) is 4.84. The Kier molecular flexibility index (Phi) is 6.09. The molecule has 4 aromatic rings. The molecule has 0 aliphatic carbocycles. The molecule has 3 aromatic heterocycles. The zero-order valence-corrected chi connectivity index (χ0v) is 19.6. The van der Waals surface area contributed by atoms with E-state index in [1.807, 2.05) is 52.0 Å². The van der Waals surface area contributed by atoms with E-state index >= 15 is 0 Å². The third-order valence-corrected chi connectivity index (χ3v) is 5.45. The van der Waals surface area contributed by atoms with Crippen molar-refractivity contribution in [2.45, 2.75) is 53.0 Å². The van der Waals surface area contributed by atoms with Crippen molar-refractivity contribution in [3.8, 4) is 17.3 Å². The van der Waals surface area contributed by atoms with Gasteiger partial charge in [0.2, 0.25) is 0 Å². The van der Waals surface area contributed by atoms with Crippen molar-refractivity contribution in [1.82, 2.24) is 30.2 Å². The highest BCUT2D eigenvalue weighted by Gasteiger charge is 2.22. The topological polar surface area (TPSA) is 98.7 Å². The molecular formula is C25H28N6O2. The first-order valence-corrected chi connectivity index (χ1v) is 11.0. The van der Waals surface area contributed by atoms with Gasteiger partial charge in [0.1, 0.15) is 0 Å². The lowest BCUT2D eigenvalue weighted by molar-refractivity contribution is 0.0950. The van der Waals surface area contributed by atoms with Crippen molar-refractivity contribution in [3.05, 3.63) is 77.0 Å². The molecule has 1 amide bonds. The van der Waals surface area contributed by atoms with E-state index in [0.717, 1.165) is 17.5 Å². The molecule has 0 fully saturated rings. The summed E-state index contributed by atoms with van der Waals surface area (Å²) < 4.78 is 7.02. The first kappa shape index (κ1) is 22.4. The monoisotopic (exact) mass is 444 g/mol. The summed E-state index contributed by atoms with van der Waals surface area (Å²) in [5, 5.41) is 11.4. The average molecular weight is 445 g/mol. The minimum absolute atomic E-state index is 0.171. The van der Waals surface area contributed by atoms with Crippen molar-refractivity contribution in [3.63, 3.8) is 0 Å². The fourth-order valence-electron chi connectivity index (χ4n) is 3.32. The van der Waals surface area contributed by atoms with Crippen molar-refractivity contribution < 1.29 is 9.32 Å². The van der Waals surface area contributed by atoms with Gasteiger partial charge in [0.25, 0.3) is 11.8 Å². The molecule has 33 heavy (non-hydrogen) atoms. The number of amides is 1. The summed E-state index contributed by atoms with van der Waals surface area (Å²) in [6, 6.07) is 11.9. The summed E-state index contributed by atoms with van der Waals surface area (Å²) >= 11 is 0. The van der Waals surface area contributed by atoms with Crippen LogP contribution in [0.2, 0.25) is 0 Å². The molecule has 0 atom stereocenters. The minimum Gasteiger partial charge on any atom is -0.348 e. The third-order valence-electron chi connectivity index (χ3n) is 5.45. The molecule has 0 unspecified atom stereocenters. The fourth-order valence-corrected chi connectivity index (χ4v) is 3.32. The number of nitrogens with one attached hydrogen (secondary N) is 1. The molecule has 0 bridgehead atoms. The predicted molar refractivity (Wildman–Crippen MR) is 125 cm³/mol. The fraction of sp³-hybridized carbons (Fsp3) is 0.320. The first-order chi connectivity index (χ1) is 15.8. The predicted octanol–water partition coefficient (Wildman–Crippen LogP) is 4.42. The van der Waals surface area contributed by atoms with Gasteiger partial charge < -0.3 is 9.84 Å². The van der Waals surface area contributed by atoms with Crippen LogP contribution in [-0.2, 0) is 18.4 Å². The van der Waals surface area contributed by atoms with E-state index in [1.165, 1.54) is 5.56 Å². The number of rotatable bonds is 6. The van der Waals surface area contributed by atoms with E-state index in [0.29, 0.717) is 35.3 Å². The summed E-state index contributed by atoms with van der Waals surface area (Å²) in [5.74, 6) is 1.49. The number of nitrogens with zero attached hydrogens (tertiary/aromatic N) is 5. The number of carbonyl (C=O) groups excluding carboxylic acids is 1. The Bertz CT molecular complexity index is 1250. The SMILES string of the molecule is CCc1ccc(CNC(=O)c2cnn(-c3ccc(-c4nc(C(C)(C)C)no4)cn3)c2C)cc1. The number of benzene rings is 1. The van der Waals surface area contributed by atoms with Gasteiger partial charge in [0.05, 0.1) is 23.0 Å². The summed E-state index contributed by atoms with van der Waals surface area (Å²) in [5.41, 5.74) is 4.07. The second-order valence-corrected chi connectivity index (χ2v) is 8.99. The van der Waals surface area contributed by atoms with Crippen LogP contribution in [0.1, 0.15) is 60.7 Å². The number of pyridine rings is 1. The number of carbonyl (C=O) groups is 1. The smallest absolute Gasteiger partial charge is 0.259 e. The van der Waals surface area contributed by atoms with E-state index < -0.39 is 0 Å². The van der Waals surface area contributed by atoms with Gasteiger partial charge in [0.15, 0.2) is 11.6 Å². The largest absolute Gasteiger partial charge is 0.348 e. The number of hydrogen-bond donors (Lipinski definition) is 1. The molecule has 3 heterocycles. The molecule has 1 aromatic carbocycles. The lowest BCUT2D eigenvalue weighted by Gasteiger charge is -2.10. The van der Waals surface area contributed by atoms with Gasteiger partial charge in [0, 0.05) is 18.2 Å². The molecule has 0 saturated heterocycles. The van der Waals surface area contributed by atoms with E-state index in [1.54, 1.807) is 17.1 Å². The van der Waals surface area contributed by atoms with Gasteiger partial charge in [-0.2, -0.15) is 10.1 Å². The molecule has 170 valence electrons. The molecule has 8 nitrogen and oxygen atoms in total. The van der Waals surface area contributed by atoms with Crippen molar-refractivity contribution in [2.75, 3.05) is 0 Å². The highest BCUT2D eigenvalue weighted by atomic mass is 16.5. The Morgan fingerprint density at radius 1 is 1.06 bits per heavy atom. The summed E-state index contributed by atoms with van der Waals surface area (Å²) in [4.78, 5) is 21.7. The van der Waals surface area contributed by atoms with Gasteiger partial charge in [-0.25, -0.2) is 9.67 Å². The Labute approximate surface area is 193 Å². The second-order valence-electron chi connectivity index (χ2n) is 8.99. The molecule has 0 aliphatic rings. The highest BCUT2D eigenvalue weighted by molar-refractivity contribution is 5.95. The van der Waals surface area contributed by atoms with Gasteiger partial charge in [-0.3, -0.25) is 4.79 Å². The van der Waals surface area contributed by atoms with Crippen molar-refractivity contribution >= 4 is 5.91 Å². The average Bonchev–Trinajstić information content (AvgIpc) is 3.45. The van der Waals surface area contributed by atoms with Crippen LogP contribution >= 0.6 is 0 Å². The molecule has 8 heteroatoms. The quantitative estimate of drug-likeness (QED) is 0.473. The molecule has 0 spiro atoms. The molecular weight excluding hydrogens is 416 g/mol. The van der Waals surface area contributed by atoms with Crippen LogP contribution in [0.15, 0.2) is 53.3 Å². The zero-order valence-electron chi connectivity index (χ0n) is 19.6. The summed E-state index contributed by atoms with van der Waals surface area (Å²) in [6.07, 6.45) is 4.22. The van der Waals surface area contributed by atoms with E-state index in [2.05, 4.69) is 44.6 Å². The summed E-state index contributed by atoms with van der Waals surface area (Å²) in [7, 11) is 0. The molecule has 0 saturated carbocycles. The highest BCUT2D eigenvalue weighted by Crippen LogP contribution is 2.24. The van der Waals surface area contributed by atoms with Crippen LogP contribution in [0.3, 0.4) is 0 Å². The lowest BCUT2D eigenvalue weighted by atomic mass is 9.96. The molecule has 4 rings (SSSR count). The second kappa shape index (κ2) is 8.97. The van der Waals surface area contributed by atoms with Crippen molar-refractivity contribution in [1.29, 1.82) is 0 Å². The Morgan fingerprint density at radius 3 is 2.39 bits per heavy atom. The Hall–Kier alpha value is -3.81. The maximum Gasteiger partial charge on any atom is 0.259 e. The number of aromatic nitrogens is 5. The summed E-state index contributed by atoms with van der Waals surface area (Å²) in [6.45, 7) is 10.5. The van der Waals surface area contributed by atoms with Crippen LogP contribution in [0, 0.1) is 6.92 Å². The first-order valence-electron chi connectivity index (χ1n) is 11.0. The number of aryl methyl sites for hydroxylation is 1. The molecule has 1 N–H and O–H groups in total. The van der Waals surface area contributed by atoms with E-state index in [9.17, 15) is 4.79 Å². The standard InChI is InChI=1S/C25H28N6O2/c1-6-17-7-9-18(10-8-17)13-27-22(32)20-15-28-31(16(20)2)21-12-11-19(14-26-21)23-29-24(30-33-23)25(3,4)5/h7-12,14-15H,6,13H2,1-5H3,(H,27,32). The van der Waals surface area contributed by atoms with Crippen LogP contribution in [-0.4, -0.2) is 30.8 Å². The van der Waals surface area contributed by atoms with Gasteiger partial charge >= 0.3 is 0 Å². The van der Waals surface area contributed by atoms with E-state index in [-0.39, 0.29) is 11.3 Å².